The lowest BCUT2D eigenvalue weighted by Gasteiger charge is -2.17. The molecule has 178 valence electrons. The molecule has 2 heterocycles. The van der Waals surface area contributed by atoms with Crippen LogP contribution < -0.4 is 5.32 Å². The van der Waals surface area contributed by atoms with Crippen LogP contribution in [0.4, 0.5) is 0 Å². The molecular weight excluding hydrogens is 444 g/mol. The molecule has 0 saturated heterocycles. The summed E-state index contributed by atoms with van der Waals surface area (Å²) >= 11 is 0. The van der Waals surface area contributed by atoms with Gasteiger partial charge in [-0.25, -0.2) is 0 Å². The number of aromatic nitrogens is 1. The van der Waals surface area contributed by atoms with Crippen LogP contribution in [-0.2, 0) is 13.1 Å². The minimum atomic E-state index is -0.527. The average molecular weight is 474 g/mol. The molecule has 36 heavy (non-hydrogen) atoms. The number of aliphatic hydroxyl groups excluding tert-OH is 1. The maximum atomic E-state index is 11.2. The van der Waals surface area contributed by atoms with Gasteiger partial charge in [-0.3, -0.25) is 0 Å². The number of furan rings is 1. The number of hydrogen-bond acceptors (Lipinski definition) is 2. The van der Waals surface area contributed by atoms with Gasteiger partial charge in [-0.15, -0.1) is 0 Å². The molecule has 4 heteroatoms. The van der Waals surface area contributed by atoms with Crippen LogP contribution in [0.2, 0.25) is 0 Å². The van der Waals surface area contributed by atoms with Gasteiger partial charge in [0, 0.05) is 16.3 Å². The second-order valence-corrected chi connectivity index (χ2v) is 9.21. The SMILES string of the molecule is OC(C[NH2+]Cc1ccco1)Cn1c(-c2ccccc2)c(-c2ccccc2)c2ccc3ccccc3c21. The first-order chi connectivity index (χ1) is 17.8. The summed E-state index contributed by atoms with van der Waals surface area (Å²) in [7, 11) is 0. The standard InChI is InChI=1S/C32H28N2O2/c35-26(20-33-21-27-15-9-19-36-27)22-34-31(25-13-5-2-6-14-25)30(24-11-3-1-4-12-24)29-18-17-23-10-7-8-16-28(23)32(29)34/h1-19,26,33,35H,20-22H2/p+1. The Balaban J connectivity index is 1.53. The maximum Gasteiger partial charge on any atom is 0.157 e. The summed E-state index contributed by atoms with van der Waals surface area (Å²) in [6.07, 6.45) is 1.16. The number of aliphatic hydroxyl groups is 1. The Hall–Kier alpha value is -4.12. The minimum absolute atomic E-state index is 0.496. The van der Waals surface area contributed by atoms with Crippen LogP contribution in [0.25, 0.3) is 44.1 Å². The summed E-state index contributed by atoms with van der Waals surface area (Å²) in [5.41, 5.74) is 5.82. The van der Waals surface area contributed by atoms with E-state index in [0.717, 1.165) is 22.5 Å². The van der Waals surface area contributed by atoms with E-state index < -0.39 is 6.10 Å². The normalized spacial score (nSPS) is 12.4. The Labute approximate surface area is 210 Å². The summed E-state index contributed by atoms with van der Waals surface area (Å²) < 4.78 is 7.78. The predicted octanol–water partition coefficient (Wildman–Crippen LogP) is 5.85. The molecule has 0 aliphatic rings. The highest BCUT2D eigenvalue weighted by Gasteiger charge is 2.23. The molecule has 0 aliphatic heterocycles. The van der Waals surface area contributed by atoms with Gasteiger partial charge in [-0.2, -0.15) is 0 Å². The predicted molar refractivity (Wildman–Crippen MR) is 146 cm³/mol. The van der Waals surface area contributed by atoms with Gasteiger partial charge in [0.1, 0.15) is 19.2 Å². The van der Waals surface area contributed by atoms with Crippen molar-refractivity contribution in [1.29, 1.82) is 0 Å². The van der Waals surface area contributed by atoms with Gasteiger partial charge in [0.15, 0.2) is 5.76 Å². The molecule has 0 aliphatic carbocycles. The van der Waals surface area contributed by atoms with Gasteiger partial charge in [-0.1, -0.05) is 97.1 Å². The molecule has 0 spiro atoms. The first kappa shape index (κ1) is 22.4. The van der Waals surface area contributed by atoms with Crippen LogP contribution in [0.5, 0.6) is 0 Å². The number of hydrogen-bond donors (Lipinski definition) is 2. The lowest BCUT2D eigenvalue weighted by Crippen LogP contribution is -2.85. The minimum Gasteiger partial charge on any atom is -0.463 e. The van der Waals surface area contributed by atoms with Crippen LogP contribution >= 0.6 is 0 Å². The van der Waals surface area contributed by atoms with E-state index in [4.69, 9.17) is 4.42 Å². The summed E-state index contributed by atoms with van der Waals surface area (Å²) in [6.45, 7) is 1.79. The van der Waals surface area contributed by atoms with Crippen molar-refractivity contribution >= 4 is 21.7 Å². The molecule has 4 aromatic carbocycles. The van der Waals surface area contributed by atoms with E-state index in [9.17, 15) is 5.11 Å². The van der Waals surface area contributed by atoms with Crippen molar-refractivity contribution in [3.63, 3.8) is 0 Å². The highest BCUT2D eigenvalue weighted by molar-refractivity contribution is 6.15. The molecule has 6 aromatic rings. The number of fused-ring (bicyclic) bond motifs is 3. The third kappa shape index (κ3) is 4.22. The van der Waals surface area contributed by atoms with Crippen LogP contribution in [0, 0.1) is 0 Å². The topological polar surface area (TPSA) is 54.9 Å². The summed E-state index contributed by atoms with van der Waals surface area (Å²) in [5.74, 6) is 0.913. The van der Waals surface area contributed by atoms with E-state index in [1.807, 2.05) is 18.2 Å². The second kappa shape index (κ2) is 9.86. The zero-order valence-corrected chi connectivity index (χ0v) is 20.0. The first-order valence-electron chi connectivity index (χ1n) is 12.5. The van der Waals surface area contributed by atoms with Crippen molar-refractivity contribution in [3.8, 4) is 22.4 Å². The van der Waals surface area contributed by atoms with Crippen molar-refractivity contribution in [3.05, 3.63) is 121 Å². The second-order valence-electron chi connectivity index (χ2n) is 9.21. The van der Waals surface area contributed by atoms with E-state index in [1.165, 1.54) is 27.3 Å². The maximum absolute atomic E-state index is 11.2. The zero-order valence-electron chi connectivity index (χ0n) is 20.0. The molecule has 1 unspecified atom stereocenters. The Kier molecular flexibility index (Phi) is 6.12. The molecule has 2 aromatic heterocycles. The quantitative estimate of drug-likeness (QED) is 0.292. The van der Waals surface area contributed by atoms with Gasteiger partial charge < -0.3 is 19.4 Å². The average Bonchev–Trinajstić information content (AvgIpc) is 3.56. The Morgan fingerprint density at radius 3 is 2.19 bits per heavy atom. The Morgan fingerprint density at radius 1 is 0.722 bits per heavy atom. The van der Waals surface area contributed by atoms with Gasteiger partial charge in [0.05, 0.1) is 24.0 Å². The van der Waals surface area contributed by atoms with Crippen molar-refractivity contribution < 1.29 is 14.8 Å². The van der Waals surface area contributed by atoms with E-state index in [2.05, 4.69) is 101 Å². The van der Waals surface area contributed by atoms with Crippen LogP contribution in [0.3, 0.4) is 0 Å². The van der Waals surface area contributed by atoms with Gasteiger partial charge in [-0.05, 0) is 28.6 Å². The first-order valence-corrected chi connectivity index (χ1v) is 12.5. The summed E-state index contributed by atoms with van der Waals surface area (Å²) in [5, 5.41) is 16.9. The van der Waals surface area contributed by atoms with E-state index >= 15 is 0 Å². The number of rotatable bonds is 8. The largest absolute Gasteiger partial charge is 0.463 e. The molecule has 0 radical (unpaired) electrons. The van der Waals surface area contributed by atoms with Crippen molar-refractivity contribution in [2.75, 3.05) is 6.54 Å². The molecule has 1 atom stereocenters. The fourth-order valence-electron chi connectivity index (χ4n) is 5.23. The smallest absolute Gasteiger partial charge is 0.157 e. The fourth-order valence-corrected chi connectivity index (χ4v) is 5.23. The van der Waals surface area contributed by atoms with E-state index in [0.29, 0.717) is 19.6 Å². The number of benzene rings is 4. The monoisotopic (exact) mass is 473 g/mol. The lowest BCUT2D eigenvalue weighted by atomic mass is 9.97. The van der Waals surface area contributed by atoms with Crippen LogP contribution in [0.1, 0.15) is 5.76 Å². The molecular formula is C32H29N2O2+. The highest BCUT2D eigenvalue weighted by Crippen LogP contribution is 2.43. The molecule has 6 rings (SSSR count). The molecule has 3 N–H and O–H groups in total. The van der Waals surface area contributed by atoms with Crippen LogP contribution in [0.15, 0.2) is 120 Å². The van der Waals surface area contributed by atoms with Crippen molar-refractivity contribution in [2.24, 2.45) is 0 Å². The number of nitrogens with two attached hydrogens (primary N) is 1. The fraction of sp³-hybridized carbons (Fsp3) is 0.125. The van der Waals surface area contributed by atoms with Gasteiger partial charge in [0.2, 0.25) is 0 Å². The molecule has 0 fully saturated rings. The number of nitrogens with zero attached hydrogens (tertiary/aromatic N) is 1. The van der Waals surface area contributed by atoms with Gasteiger partial charge in [0.25, 0.3) is 0 Å². The van der Waals surface area contributed by atoms with E-state index in [1.54, 1.807) is 6.26 Å². The lowest BCUT2D eigenvalue weighted by molar-refractivity contribution is -0.678. The number of quaternary nitrogens is 1. The summed E-state index contributed by atoms with van der Waals surface area (Å²) in [6, 6.07) is 37.9. The highest BCUT2D eigenvalue weighted by atomic mass is 16.3. The Bertz CT molecular complexity index is 1590. The molecule has 0 bridgehead atoms. The van der Waals surface area contributed by atoms with Gasteiger partial charge >= 0.3 is 0 Å². The third-order valence-electron chi connectivity index (χ3n) is 6.81. The summed E-state index contributed by atoms with van der Waals surface area (Å²) in [4.78, 5) is 0. The van der Waals surface area contributed by atoms with E-state index in [-0.39, 0.29) is 0 Å². The molecule has 4 nitrogen and oxygen atoms in total. The van der Waals surface area contributed by atoms with Crippen molar-refractivity contribution in [1.82, 2.24) is 4.57 Å². The molecule has 0 saturated carbocycles. The van der Waals surface area contributed by atoms with Crippen LogP contribution in [-0.4, -0.2) is 22.3 Å². The van der Waals surface area contributed by atoms with Crippen molar-refractivity contribution in [2.45, 2.75) is 19.2 Å². The molecule has 0 amide bonds. The zero-order chi connectivity index (χ0) is 24.3. The third-order valence-corrected chi connectivity index (χ3v) is 6.81. The Morgan fingerprint density at radius 2 is 1.44 bits per heavy atom.